The van der Waals surface area contributed by atoms with Crippen molar-refractivity contribution in [3.8, 4) is 0 Å². The van der Waals surface area contributed by atoms with Gasteiger partial charge in [0.25, 0.3) is 0 Å². The van der Waals surface area contributed by atoms with Crippen LogP contribution < -0.4 is 5.32 Å². The van der Waals surface area contributed by atoms with Gasteiger partial charge in [-0.25, -0.2) is 0 Å². The molecule has 20 heavy (non-hydrogen) atoms. The molecule has 1 aliphatic carbocycles. The molecule has 1 aromatic carbocycles. The number of benzene rings is 1. The Morgan fingerprint density at radius 2 is 1.65 bits per heavy atom. The summed E-state index contributed by atoms with van der Waals surface area (Å²) in [6.45, 7) is 15.1. The molecule has 0 spiro atoms. The molecule has 0 amide bonds. The predicted molar refractivity (Wildman–Crippen MR) is 88.0 cm³/mol. The summed E-state index contributed by atoms with van der Waals surface area (Å²) in [5.74, 6) is 2.36. The van der Waals surface area contributed by atoms with E-state index in [0.29, 0.717) is 5.41 Å². The van der Waals surface area contributed by atoms with Crippen molar-refractivity contribution in [3.05, 3.63) is 35.9 Å². The fourth-order valence-electron chi connectivity index (χ4n) is 3.26. The molecule has 3 unspecified atom stereocenters. The van der Waals surface area contributed by atoms with Crippen LogP contribution >= 0.6 is 0 Å². The fourth-order valence-corrected chi connectivity index (χ4v) is 3.26. The van der Waals surface area contributed by atoms with E-state index in [1.807, 2.05) is 0 Å². The Bertz CT molecular complexity index is 421. The average Bonchev–Trinajstić information content (AvgIpc) is 3.07. The molecule has 0 saturated heterocycles. The quantitative estimate of drug-likeness (QED) is 0.827. The van der Waals surface area contributed by atoms with E-state index in [1.54, 1.807) is 0 Å². The molecule has 1 N–H and O–H groups in total. The highest BCUT2D eigenvalue weighted by atomic mass is 15.0. The van der Waals surface area contributed by atoms with Crippen LogP contribution in [0.15, 0.2) is 30.3 Å². The summed E-state index contributed by atoms with van der Waals surface area (Å²) in [7, 11) is 0. The third kappa shape index (κ3) is 4.09. The Hall–Kier alpha value is -0.820. The van der Waals surface area contributed by atoms with Crippen LogP contribution in [0.5, 0.6) is 0 Å². The van der Waals surface area contributed by atoms with Crippen molar-refractivity contribution in [1.29, 1.82) is 0 Å². The molecular formula is C19H31N. The molecule has 2 rings (SSSR count). The Morgan fingerprint density at radius 3 is 2.15 bits per heavy atom. The van der Waals surface area contributed by atoms with Gasteiger partial charge in [-0.05, 0) is 62.5 Å². The van der Waals surface area contributed by atoms with Crippen LogP contribution in [0, 0.1) is 17.3 Å². The molecule has 1 aliphatic rings. The van der Waals surface area contributed by atoms with Gasteiger partial charge < -0.3 is 5.32 Å². The van der Waals surface area contributed by atoms with E-state index in [4.69, 9.17) is 0 Å². The topological polar surface area (TPSA) is 12.0 Å². The number of hydrogen-bond donors (Lipinski definition) is 1. The lowest BCUT2D eigenvalue weighted by molar-refractivity contribution is 0.187. The lowest BCUT2D eigenvalue weighted by atomic mass is 9.76. The second-order valence-corrected chi connectivity index (χ2v) is 8.52. The van der Waals surface area contributed by atoms with E-state index >= 15 is 0 Å². The second-order valence-electron chi connectivity index (χ2n) is 8.52. The van der Waals surface area contributed by atoms with Crippen molar-refractivity contribution in [2.45, 2.75) is 59.4 Å². The standard InChI is InChI=1S/C19H31N/c1-18(2,3)17(13-20-19(4,5)6)16-12-15(16)14-10-8-7-9-11-14/h7-11,15-17,20H,12-13H2,1-6H3. The van der Waals surface area contributed by atoms with Gasteiger partial charge in [-0.1, -0.05) is 51.1 Å². The van der Waals surface area contributed by atoms with E-state index in [9.17, 15) is 0 Å². The van der Waals surface area contributed by atoms with Crippen LogP contribution in [0.4, 0.5) is 0 Å². The lowest BCUT2D eigenvalue weighted by Crippen LogP contribution is -2.43. The molecule has 0 heterocycles. The van der Waals surface area contributed by atoms with E-state index in [0.717, 1.165) is 24.3 Å². The normalized spacial score (nSPS) is 24.5. The first-order valence-corrected chi connectivity index (χ1v) is 7.98. The Kier molecular flexibility index (Phi) is 4.30. The molecule has 112 valence electrons. The van der Waals surface area contributed by atoms with Crippen molar-refractivity contribution in [2.75, 3.05) is 6.54 Å². The van der Waals surface area contributed by atoms with Crippen molar-refractivity contribution in [1.82, 2.24) is 5.32 Å². The summed E-state index contributed by atoms with van der Waals surface area (Å²) in [4.78, 5) is 0. The second kappa shape index (κ2) is 5.52. The van der Waals surface area contributed by atoms with Crippen LogP contribution in [0.1, 0.15) is 59.4 Å². The SMILES string of the molecule is CC(C)(C)NCC(C1CC1c1ccccc1)C(C)(C)C. The first kappa shape index (κ1) is 15.6. The van der Waals surface area contributed by atoms with Crippen LogP contribution in [-0.2, 0) is 0 Å². The van der Waals surface area contributed by atoms with Crippen molar-refractivity contribution in [3.63, 3.8) is 0 Å². The Labute approximate surface area is 125 Å². The lowest BCUT2D eigenvalue weighted by Gasteiger charge is -2.34. The molecule has 0 aliphatic heterocycles. The van der Waals surface area contributed by atoms with Crippen LogP contribution in [0.2, 0.25) is 0 Å². The number of hydrogen-bond acceptors (Lipinski definition) is 1. The third-order valence-corrected chi connectivity index (χ3v) is 4.55. The maximum atomic E-state index is 3.72. The molecule has 3 atom stereocenters. The van der Waals surface area contributed by atoms with Gasteiger partial charge >= 0.3 is 0 Å². The van der Waals surface area contributed by atoms with Gasteiger partial charge in [0.05, 0.1) is 0 Å². The minimum atomic E-state index is 0.209. The van der Waals surface area contributed by atoms with Gasteiger partial charge in [-0.3, -0.25) is 0 Å². The van der Waals surface area contributed by atoms with Crippen LogP contribution in [0.3, 0.4) is 0 Å². The molecule has 1 aromatic rings. The van der Waals surface area contributed by atoms with Gasteiger partial charge in [0, 0.05) is 5.54 Å². The fraction of sp³-hybridized carbons (Fsp3) is 0.684. The Morgan fingerprint density at radius 1 is 1.05 bits per heavy atom. The van der Waals surface area contributed by atoms with Crippen LogP contribution in [0.25, 0.3) is 0 Å². The third-order valence-electron chi connectivity index (χ3n) is 4.55. The molecule has 0 aromatic heterocycles. The molecule has 1 saturated carbocycles. The van der Waals surface area contributed by atoms with Gasteiger partial charge in [0.1, 0.15) is 0 Å². The summed E-state index contributed by atoms with van der Waals surface area (Å²) in [5.41, 5.74) is 2.11. The minimum Gasteiger partial charge on any atom is -0.312 e. The Balaban J connectivity index is 2.03. The summed E-state index contributed by atoms with van der Waals surface area (Å²) in [6, 6.07) is 11.0. The predicted octanol–water partition coefficient (Wildman–Crippen LogP) is 4.84. The molecule has 0 radical (unpaired) electrons. The maximum absolute atomic E-state index is 3.72. The summed E-state index contributed by atoms with van der Waals surface area (Å²) >= 11 is 0. The van der Waals surface area contributed by atoms with E-state index in [1.165, 1.54) is 12.0 Å². The first-order chi connectivity index (χ1) is 9.18. The highest BCUT2D eigenvalue weighted by Gasteiger charge is 2.47. The molecular weight excluding hydrogens is 242 g/mol. The highest BCUT2D eigenvalue weighted by Crippen LogP contribution is 2.55. The monoisotopic (exact) mass is 273 g/mol. The largest absolute Gasteiger partial charge is 0.312 e. The molecule has 0 bridgehead atoms. The highest BCUT2D eigenvalue weighted by molar-refractivity contribution is 5.26. The molecule has 1 nitrogen and oxygen atoms in total. The van der Waals surface area contributed by atoms with Gasteiger partial charge in [0.15, 0.2) is 0 Å². The number of rotatable bonds is 4. The van der Waals surface area contributed by atoms with Crippen LogP contribution in [-0.4, -0.2) is 12.1 Å². The van der Waals surface area contributed by atoms with Gasteiger partial charge in [-0.15, -0.1) is 0 Å². The molecule has 1 fully saturated rings. The van der Waals surface area contributed by atoms with Crippen molar-refractivity contribution >= 4 is 0 Å². The maximum Gasteiger partial charge on any atom is 0.00966 e. The van der Waals surface area contributed by atoms with E-state index in [-0.39, 0.29) is 5.54 Å². The summed E-state index contributed by atoms with van der Waals surface area (Å²) in [5, 5.41) is 3.72. The van der Waals surface area contributed by atoms with Gasteiger partial charge in [-0.2, -0.15) is 0 Å². The summed E-state index contributed by atoms with van der Waals surface area (Å²) < 4.78 is 0. The zero-order valence-corrected chi connectivity index (χ0v) is 14.0. The number of nitrogens with one attached hydrogen (secondary N) is 1. The minimum absolute atomic E-state index is 0.209. The molecule has 1 heteroatoms. The van der Waals surface area contributed by atoms with Gasteiger partial charge in [0.2, 0.25) is 0 Å². The van der Waals surface area contributed by atoms with E-state index < -0.39 is 0 Å². The van der Waals surface area contributed by atoms with Crippen molar-refractivity contribution < 1.29 is 0 Å². The zero-order chi connectivity index (χ0) is 15.0. The van der Waals surface area contributed by atoms with Crippen molar-refractivity contribution in [2.24, 2.45) is 17.3 Å². The zero-order valence-electron chi connectivity index (χ0n) is 14.0. The van der Waals surface area contributed by atoms with E-state index in [2.05, 4.69) is 77.2 Å². The smallest absolute Gasteiger partial charge is 0.00966 e. The summed E-state index contributed by atoms with van der Waals surface area (Å²) in [6.07, 6.45) is 1.36. The average molecular weight is 273 g/mol. The first-order valence-electron chi connectivity index (χ1n) is 7.98.